The average Bonchev–Trinajstić information content (AvgIpc) is 2.87. The molecule has 2 amide bonds. The highest BCUT2D eigenvalue weighted by atomic mass is 32.1. The maximum absolute atomic E-state index is 12.1. The van der Waals surface area contributed by atoms with Crippen molar-refractivity contribution in [3.05, 3.63) is 46.8 Å². The molecule has 1 aromatic carbocycles. The summed E-state index contributed by atoms with van der Waals surface area (Å²) in [5, 5.41) is 13.6. The molecular weight excluding hydrogens is 276 g/mol. The lowest BCUT2D eigenvalue weighted by Crippen LogP contribution is -2.31. The average molecular weight is 290 g/mol. The first-order chi connectivity index (χ1) is 9.49. The number of nitrogens with one attached hydrogen (secondary N) is 1. The Hall–Kier alpha value is -2.34. The first-order valence-electron chi connectivity index (χ1n) is 5.91. The van der Waals surface area contributed by atoms with Gasteiger partial charge in [-0.25, -0.2) is 9.59 Å². The van der Waals surface area contributed by atoms with Gasteiger partial charge in [-0.05, 0) is 30.5 Å². The van der Waals surface area contributed by atoms with E-state index in [0.717, 1.165) is 11.3 Å². The van der Waals surface area contributed by atoms with E-state index in [1.54, 1.807) is 12.4 Å². The fraction of sp³-hybridized carbons (Fsp3) is 0.143. The van der Waals surface area contributed by atoms with Crippen molar-refractivity contribution in [2.24, 2.45) is 0 Å². The number of anilines is 2. The lowest BCUT2D eigenvalue weighted by molar-refractivity contribution is 0.0698. The summed E-state index contributed by atoms with van der Waals surface area (Å²) in [6.45, 7) is 1.97. The van der Waals surface area contributed by atoms with Gasteiger partial charge in [-0.1, -0.05) is 17.7 Å². The molecule has 0 bridgehead atoms. The molecule has 6 heteroatoms. The quantitative estimate of drug-likeness (QED) is 0.910. The smallest absolute Gasteiger partial charge is 0.338 e. The first-order valence-corrected chi connectivity index (χ1v) is 6.79. The summed E-state index contributed by atoms with van der Waals surface area (Å²) in [5.74, 6) is -1.06. The van der Waals surface area contributed by atoms with Crippen molar-refractivity contribution in [1.29, 1.82) is 0 Å². The molecule has 0 radical (unpaired) electrons. The summed E-state index contributed by atoms with van der Waals surface area (Å²) in [4.78, 5) is 24.5. The Kier molecular flexibility index (Phi) is 4.05. The van der Waals surface area contributed by atoms with Gasteiger partial charge >= 0.3 is 12.0 Å². The lowest BCUT2D eigenvalue weighted by Gasteiger charge is -2.18. The van der Waals surface area contributed by atoms with Crippen molar-refractivity contribution < 1.29 is 14.7 Å². The van der Waals surface area contributed by atoms with E-state index < -0.39 is 5.97 Å². The summed E-state index contributed by atoms with van der Waals surface area (Å²) in [5.41, 5.74) is 1.94. The predicted molar refractivity (Wildman–Crippen MR) is 79.9 cm³/mol. The largest absolute Gasteiger partial charge is 0.478 e. The van der Waals surface area contributed by atoms with Gasteiger partial charge in [0.2, 0.25) is 0 Å². The molecule has 0 fully saturated rings. The van der Waals surface area contributed by atoms with Gasteiger partial charge in [0.15, 0.2) is 0 Å². The van der Waals surface area contributed by atoms with Crippen LogP contribution in [0.1, 0.15) is 15.9 Å². The SMILES string of the molecule is Cc1ccc(N(C)C(=O)Nc2sccc2C(=O)O)cc1. The number of aryl methyl sites for hydroxylation is 1. The van der Waals surface area contributed by atoms with Gasteiger partial charge in [-0.3, -0.25) is 10.2 Å². The van der Waals surface area contributed by atoms with Crippen LogP contribution in [-0.4, -0.2) is 24.2 Å². The van der Waals surface area contributed by atoms with Crippen LogP contribution in [0, 0.1) is 6.92 Å². The number of urea groups is 1. The number of carboxylic acid groups (broad SMARTS) is 1. The van der Waals surface area contributed by atoms with Gasteiger partial charge < -0.3 is 5.11 Å². The van der Waals surface area contributed by atoms with Crippen molar-refractivity contribution in [3.63, 3.8) is 0 Å². The summed E-state index contributed by atoms with van der Waals surface area (Å²) in [7, 11) is 1.63. The molecule has 1 aromatic heterocycles. The van der Waals surface area contributed by atoms with E-state index in [4.69, 9.17) is 5.11 Å². The Labute approximate surface area is 120 Å². The van der Waals surface area contributed by atoms with Gasteiger partial charge in [0.1, 0.15) is 5.00 Å². The highest BCUT2D eigenvalue weighted by Gasteiger charge is 2.16. The molecule has 104 valence electrons. The van der Waals surface area contributed by atoms with Crippen LogP contribution < -0.4 is 10.2 Å². The third-order valence-corrected chi connectivity index (χ3v) is 3.67. The number of benzene rings is 1. The number of nitrogens with zero attached hydrogens (tertiary/aromatic N) is 1. The molecule has 2 aromatic rings. The van der Waals surface area contributed by atoms with Crippen molar-refractivity contribution >= 4 is 34.0 Å². The Balaban J connectivity index is 2.13. The maximum Gasteiger partial charge on any atom is 0.338 e. The lowest BCUT2D eigenvalue weighted by atomic mass is 10.2. The van der Waals surface area contributed by atoms with E-state index in [9.17, 15) is 9.59 Å². The second-order valence-electron chi connectivity index (χ2n) is 4.29. The number of hydrogen-bond acceptors (Lipinski definition) is 3. The molecule has 1 heterocycles. The van der Waals surface area contributed by atoms with E-state index >= 15 is 0 Å². The monoisotopic (exact) mass is 290 g/mol. The fourth-order valence-electron chi connectivity index (χ4n) is 1.64. The number of aromatic carboxylic acids is 1. The minimum absolute atomic E-state index is 0.0978. The van der Waals surface area contributed by atoms with Crippen LogP contribution in [0.2, 0.25) is 0 Å². The zero-order valence-electron chi connectivity index (χ0n) is 11.1. The topological polar surface area (TPSA) is 69.6 Å². The Morgan fingerprint density at radius 1 is 1.20 bits per heavy atom. The van der Waals surface area contributed by atoms with E-state index in [1.807, 2.05) is 31.2 Å². The highest BCUT2D eigenvalue weighted by Crippen LogP contribution is 2.24. The summed E-state index contributed by atoms with van der Waals surface area (Å²) in [6, 6.07) is 8.58. The van der Waals surface area contributed by atoms with Crippen LogP contribution in [0.4, 0.5) is 15.5 Å². The molecule has 0 atom stereocenters. The van der Waals surface area contributed by atoms with Gasteiger partial charge in [0, 0.05) is 12.7 Å². The Morgan fingerprint density at radius 3 is 2.45 bits per heavy atom. The van der Waals surface area contributed by atoms with Crippen LogP contribution in [0.15, 0.2) is 35.7 Å². The van der Waals surface area contributed by atoms with Crippen molar-refractivity contribution in [3.8, 4) is 0 Å². The molecule has 5 nitrogen and oxygen atoms in total. The maximum atomic E-state index is 12.1. The first kappa shape index (κ1) is 14.1. The summed E-state index contributed by atoms with van der Waals surface area (Å²) < 4.78 is 0. The van der Waals surface area contributed by atoms with E-state index in [0.29, 0.717) is 5.00 Å². The third-order valence-electron chi connectivity index (χ3n) is 2.84. The van der Waals surface area contributed by atoms with Crippen LogP contribution >= 0.6 is 11.3 Å². The standard InChI is InChI=1S/C14H14N2O3S/c1-9-3-5-10(6-4-9)16(2)14(19)15-12-11(13(17)18)7-8-20-12/h3-8H,1-2H3,(H,15,19)(H,17,18). The molecule has 0 unspecified atom stereocenters. The molecule has 0 spiro atoms. The molecule has 20 heavy (non-hydrogen) atoms. The molecule has 0 aliphatic rings. The number of carbonyl (C=O) groups is 2. The summed E-state index contributed by atoms with van der Waals surface area (Å²) in [6.07, 6.45) is 0. The normalized spacial score (nSPS) is 10.1. The second kappa shape index (κ2) is 5.75. The fourth-order valence-corrected chi connectivity index (χ4v) is 2.41. The van der Waals surface area contributed by atoms with Crippen LogP contribution in [0.5, 0.6) is 0 Å². The van der Waals surface area contributed by atoms with E-state index in [2.05, 4.69) is 5.32 Å². The number of thiophene rings is 1. The Morgan fingerprint density at radius 2 is 1.85 bits per heavy atom. The molecule has 0 aliphatic carbocycles. The molecule has 0 saturated heterocycles. The van der Waals surface area contributed by atoms with Crippen molar-refractivity contribution in [2.45, 2.75) is 6.92 Å². The number of amides is 2. The number of rotatable bonds is 3. The second-order valence-corrected chi connectivity index (χ2v) is 5.21. The van der Waals surface area contributed by atoms with Crippen molar-refractivity contribution in [2.75, 3.05) is 17.3 Å². The summed E-state index contributed by atoms with van der Waals surface area (Å²) >= 11 is 1.18. The van der Waals surface area contributed by atoms with Crippen LogP contribution in [-0.2, 0) is 0 Å². The van der Waals surface area contributed by atoms with E-state index in [1.165, 1.54) is 22.3 Å². The van der Waals surface area contributed by atoms with E-state index in [-0.39, 0.29) is 11.6 Å². The van der Waals surface area contributed by atoms with Crippen LogP contribution in [0.25, 0.3) is 0 Å². The minimum Gasteiger partial charge on any atom is -0.478 e. The predicted octanol–water partition coefficient (Wildman–Crippen LogP) is 3.42. The third kappa shape index (κ3) is 2.97. The highest BCUT2D eigenvalue weighted by molar-refractivity contribution is 7.14. The van der Waals surface area contributed by atoms with Crippen molar-refractivity contribution in [1.82, 2.24) is 0 Å². The van der Waals surface area contributed by atoms with Gasteiger partial charge in [0.05, 0.1) is 5.56 Å². The van der Waals surface area contributed by atoms with Crippen LogP contribution in [0.3, 0.4) is 0 Å². The zero-order chi connectivity index (χ0) is 14.7. The number of carboxylic acids is 1. The number of carbonyl (C=O) groups excluding carboxylic acids is 1. The van der Waals surface area contributed by atoms with Gasteiger partial charge in [-0.2, -0.15) is 0 Å². The molecular formula is C14H14N2O3S. The molecule has 2 rings (SSSR count). The molecule has 0 aliphatic heterocycles. The molecule has 2 N–H and O–H groups in total. The number of hydrogen-bond donors (Lipinski definition) is 2. The zero-order valence-corrected chi connectivity index (χ0v) is 11.9. The molecule has 0 saturated carbocycles. The van der Waals surface area contributed by atoms with Gasteiger partial charge in [-0.15, -0.1) is 11.3 Å². The Bertz CT molecular complexity index is 634. The minimum atomic E-state index is -1.06. The van der Waals surface area contributed by atoms with Gasteiger partial charge in [0.25, 0.3) is 0 Å².